The summed E-state index contributed by atoms with van der Waals surface area (Å²) < 4.78 is 4.97. The minimum absolute atomic E-state index is 0.112. The highest BCUT2D eigenvalue weighted by Gasteiger charge is 2.11. The van der Waals surface area contributed by atoms with Gasteiger partial charge in [0.1, 0.15) is 0 Å². The van der Waals surface area contributed by atoms with Crippen molar-refractivity contribution in [2.75, 3.05) is 20.1 Å². The molecule has 0 bridgehead atoms. The Morgan fingerprint density at radius 2 is 2.16 bits per heavy atom. The predicted octanol–water partition coefficient (Wildman–Crippen LogP) is 1.90. The molecular weight excluding hydrogens is 244 g/mol. The van der Waals surface area contributed by atoms with Gasteiger partial charge < -0.3 is 14.6 Å². The van der Waals surface area contributed by atoms with Gasteiger partial charge in [-0.25, -0.2) is 0 Å². The lowest BCUT2D eigenvalue weighted by Gasteiger charge is -2.19. The average molecular weight is 266 g/mol. The number of rotatable bonds is 7. The average Bonchev–Trinajstić information content (AvgIpc) is 2.86. The Kier molecular flexibility index (Phi) is 6.12. The van der Waals surface area contributed by atoms with Gasteiger partial charge in [-0.3, -0.25) is 9.59 Å². The summed E-state index contributed by atoms with van der Waals surface area (Å²) >= 11 is 0. The summed E-state index contributed by atoms with van der Waals surface area (Å²) in [6.45, 7) is 5.39. The van der Waals surface area contributed by atoms with E-state index in [1.54, 1.807) is 17.0 Å². The number of amides is 2. The van der Waals surface area contributed by atoms with E-state index in [9.17, 15) is 9.59 Å². The second-order valence-electron chi connectivity index (χ2n) is 5.00. The molecule has 0 aliphatic carbocycles. The van der Waals surface area contributed by atoms with Crippen LogP contribution in [0.5, 0.6) is 0 Å². The highest BCUT2D eigenvalue weighted by Crippen LogP contribution is 2.01. The van der Waals surface area contributed by atoms with Gasteiger partial charge in [-0.05, 0) is 24.5 Å². The first-order valence-electron chi connectivity index (χ1n) is 6.56. The van der Waals surface area contributed by atoms with E-state index in [1.165, 1.54) is 6.26 Å². The standard InChI is InChI=1S/C14H22N2O3/c1-11(2)10-16(3)13(17)7-4-8-15-14(18)12-6-5-9-19-12/h5-6,9,11H,4,7-8,10H2,1-3H3,(H,15,18). The Morgan fingerprint density at radius 3 is 2.74 bits per heavy atom. The van der Waals surface area contributed by atoms with Crippen LogP contribution < -0.4 is 5.32 Å². The molecule has 1 heterocycles. The van der Waals surface area contributed by atoms with E-state index in [0.29, 0.717) is 31.1 Å². The molecule has 5 nitrogen and oxygen atoms in total. The lowest BCUT2D eigenvalue weighted by atomic mass is 10.2. The zero-order chi connectivity index (χ0) is 14.3. The molecule has 1 aromatic heterocycles. The maximum Gasteiger partial charge on any atom is 0.286 e. The van der Waals surface area contributed by atoms with Crippen LogP contribution in [0.1, 0.15) is 37.2 Å². The molecule has 0 saturated heterocycles. The van der Waals surface area contributed by atoms with Gasteiger partial charge in [0.25, 0.3) is 5.91 Å². The number of nitrogens with zero attached hydrogens (tertiary/aromatic N) is 1. The largest absolute Gasteiger partial charge is 0.459 e. The molecular formula is C14H22N2O3. The topological polar surface area (TPSA) is 62.6 Å². The molecule has 1 aromatic rings. The van der Waals surface area contributed by atoms with Crippen molar-refractivity contribution in [3.63, 3.8) is 0 Å². The van der Waals surface area contributed by atoms with Crippen molar-refractivity contribution < 1.29 is 14.0 Å². The number of hydrogen-bond acceptors (Lipinski definition) is 3. The quantitative estimate of drug-likeness (QED) is 0.767. The molecule has 1 rings (SSSR count). The van der Waals surface area contributed by atoms with Crippen molar-refractivity contribution in [1.82, 2.24) is 10.2 Å². The van der Waals surface area contributed by atoms with Gasteiger partial charge in [-0.1, -0.05) is 13.8 Å². The van der Waals surface area contributed by atoms with Gasteiger partial charge in [0.15, 0.2) is 5.76 Å². The smallest absolute Gasteiger partial charge is 0.286 e. The zero-order valence-corrected chi connectivity index (χ0v) is 11.8. The summed E-state index contributed by atoms with van der Waals surface area (Å²) in [7, 11) is 1.81. The molecule has 0 spiro atoms. The molecule has 5 heteroatoms. The molecule has 0 aliphatic rings. The summed E-state index contributed by atoms with van der Waals surface area (Å²) in [5.74, 6) is 0.629. The molecule has 0 aliphatic heterocycles. The molecule has 19 heavy (non-hydrogen) atoms. The third-order valence-electron chi connectivity index (χ3n) is 2.66. The van der Waals surface area contributed by atoms with Crippen molar-refractivity contribution >= 4 is 11.8 Å². The first kappa shape index (κ1) is 15.3. The minimum atomic E-state index is -0.243. The van der Waals surface area contributed by atoms with Gasteiger partial charge in [-0.15, -0.1) is 0 Å². The van der Waals surface area contributed by atoms with Crippen LogP contribution in [0.2, 0.25) is 0 Å². The van der Waals surface area contributed by atoms with Gasteiger partial charge in [0.2, 0.25) is 5.91 Å². The first-order valence-corrected chi connectivity index (χ1v) is 6.56. The van der Waals surface area contributed by atoms with Crippen LogP contribution in [-0.2, 0) is 4.79 Å². The van der Waals surface area contributed by atoms with Gasteiger partial charge >= 0.3 is 0 Å². The number of carbonyl (C=O) groups is 2. The summed E-state index contributed by atoms with van der Waals surface area (Å²) in [5, 5.41) is 2.72. The highest BCUT2D eigenvalue weighted by atomic mass is 16.3. The van der Waals surface area contributed by atoms with Gasteiger partial charge in [0, 0.05) is 26.6 Å². The molecule has 106 valence electrons. The van der Waals surface area contributed by atoms with Crippen LogP contribution in [0.4, 0.5) is 0 Å². The summed E-state index contributed by atoms with van der Waals surface area (Å²) in [6, 6.07) is 3.27. The first-order chi connectivity index (χ1) is 9.00. The summed E-state index contributed by atoms with van der Waals surface area (Å²) in [6.07, 6.45) is 2.54. The van der Waals surface area contributed by atoms with Crippen LogP contribution in [-0.4, -0.2) is 36.9 Å². The number of hydrogen-bond donors (Lipinski definition) is 1. The second kappa shape index (κ2) is 7.61. The second-order valence-corrected chi connectivity index (χ2v) is 5.00. The van der Waals surface area contributed by atoms with Crippen molar-refractivity contribution in [2.45, 2.75) is 26.7 Å². The normalized spacial score (nSPS) is 10.5. The predicted molar refractivity (Wildman–Crippen MR) is 72.8 cm³/mol. The molecule has 0 fully saturated rings. The molecule has 0 saturated carbocycles. The maximum absolute atomic E-state index is 11.7. The number of carbonyl (C=O) groups excluding carboxylic acids is 2. The van der Waals surface area contributed by atoms with E-state index in [1.807, 2.05) is 7.05 Å². The van der Waals surface area contributed by atoms with Crippen molar-refractivity contribution in [3.05, 3.63) is 24.2 Å². The van der Waals surface area contributed by atoms with Crippen LogP contribution in [0.15, 0.2) is 22.8 Å². The van der Waals surface area contributed by atoms with Crippen molar-refractivity contribution in [3.8, 4) is 0 Å². The van der Waals surface area contributed by atoms with Crippen LogP contribution in [0.25, 0.3) is 0 Å². The van der Waals surface area contributed by atoms with E-state index in [0.717, 1.165) is 6.54 Å². The van der Waals surface area contributed by atoms with Crippen molar-refractivity contribution in [2.24, 2.45) is 5.92 Å². The van der Waals surface area contributed by atoms with Crippen LogP contribution >= 0.6 is 0 Å². The Bertz CT molecular complexity index is 399. The zero-order valence-electron chi connectivity index (χ0n) is 11.8. The highest BCUT2D eigenvalue weighted by molar-refractivity contribution is 5.91. The lowest BCUT2D eigenvalue weighted by molar-refractivity contribution is -0.130. The van der Waals surface area contributed by atoms with E-state index in [4.69, 9.17) is 4.42 Å². The van der Waals surface area contributed by atoms with Crippen LogP contribution in [0.3, 0.4) is 0 Å². The molecule has 0 unspecified atom stereocenters. The van der Waals surface area contributed by atoms with E-state index in [2.05, 4.69) is 19.2 Å². The minimum Gasteiger partial charge on any atom is -0.459 e. The van der Waals surface area contributed by atoms with E-state index >= 15 is 0 Å². The summed E-state index contributed by atoms with van der Waals surface area (Å²) in [4.78, 5) is 25.0. The fraction of sp³-hybridized carbons (Fsp3) is 0.571. The van der Waals surface area contributed by atoms with E-state index < -0.39 is 0 Å². The lowest BCUT2D eigenvalue weighted by Crippen LogP contribution is -2.31. The monoisotopic (exact) mass is 266 g/mol. The fourth-order valence-corrected chi connectivity index (χ4v) is 1.78. The third-order valence-corrected chi connectivity index (χ3v) is 2.66. The van der Waals surface area contributed by atoms with Crippen molar-refractivity contribution in [1.29, 1.82) is 0 Å². The Labute approximate surface area is 114 Å². The molecule has 1 N–H and O–H groups in total. The molecule has 0 atom stereocenters. The third kappa shape index (κ3) is 5.59. The molecule has 0 radical (unpaired) electrons. The Hall–Kier alpha value is -1.78. The molecule has 2 amide bonds. The van der Waals surface area contributed by atoms with Gasteiger partial charge in [-0.2, -0.15) is 0 Å². The summed E-state index contributed by atoms with van der Waals surface area (Å²) in [5.41, 5.74) is 0. The molecule has 0 aromatic carbocycles. The maximum atomic E-state index is 11.7. The number of furan rings is 1. The Balaban J connectivity index is 2.17. The fourth-order valence-electron chi connectivity index (χ4n) is 1.78. The Morgan fingerprint density at radius 1 is 1.42 bits per heavy atom. The van der Waals surface area contributed by atoms with Crippen LogP contribution in [0, 0.1) is 5.92 Å². The van der Waals surface area contributed by atoms with Gasteiger partial charge in [0.05, 0.1) is 6.26 Å². The SMILES string of the molecule is CC(C)CN(C)C(=O)CCCNC(=O)c1ccco1. The number of nitrogens with one attached hydrogen (secondary N) is 1. The van der Waals surface area contributed by atoms with E-state index in [-0.39, 0.29) is 11.8 Å².